The lowest BCUT2D eigenvalue weighted by atomic mass is 9.95. The zero-order valence-corrected chi connectivity index (χ0v) is 12.1. The highest BCUT2D eigenvalue weighted by molar-refractivity contribution is 5.27. The van der Waals surface area contributed by atoms with Crippen molar-refractivity contribution in [1.29, 1.82) is 0 Å². The molecule has 0 radical (unpaired) electrons. The Morgan fingerprint density at radius 3 is 2.14 bits per heavy atom. The zero-order valence-electron chi connectivity index (χ0n) is 12.1. The summed E-state index contributed by atoms with van der Waals surface area (Å²) in [7, 11) is 1.59. The van der Waals surface area contributed by atoms with E-state index in [2.05, 4.69) is 5.32 Å². The van der Waals surface area contributed by atoms with Gasteiger partial charge in [-0.15, -0.1) is 0 Å². The summed E-state index contributed by atoms with van der Waals surface area (Å²) in [5.74, 6) is -1.17. The summed E-state index contributed by atoms with van der Waals surface area (Å²) >= 11 is 0. The average molecular weight is 291 g/mol. The Hall–Kier alpha value is -1.78. The number of halogens is 2. The van der Waals surface area contributed by atoms with Gasteiger partial charge < -0.3 is 10.1 Å². The number of likely N-dealkylation sites (N-methyl/N-ethyl adjacent to an activating group) is 1. The number of benzene rings is 2. The van der Waals surface area contributed by atoms with Crippen molar-refractivity contribution in [3.63, 3.8) is 0 Å². The van der Waals surface area contributed by atoms with Crippen molar-refractivity contribution in [2.24, 2.45) is 0 Å². The molecule has 2 rings (SSSR count). The number of hydrogen-bond donors (Lipinski definition) is 1. The molecule has 0 aliphatic rings. The van der Waals surface area contributed by atoms with Gasteiger partial charge in [-0.1, -0.05) is 37.3 Å². The molecule has 2 nitrogen and oxygen atoms in total. The van der Waals surface area contributed by atoms with Crippen molar-refractivity contribution in [1.82, 2.24) is 5.32 Å². The van der Waals surface area contributed by atoms with Crippen LogP contribution < -0.4 is 5.32 Å². The highest BCUT2D eigenvalue weighted by Crippen LogP contribution is 2.32. The molecule has 2 aromatic carbocycles. The predicted octanol–water partition coefficient (Wildman–Crippen LogP) is 4.00. The summed E-state index contributed by atoms with van der Waals surface area (Å²) in [6.45, 7) is 2.61. The summed E-state index contributed by atoms with van der Waals surface area (Å²) in [6, 6.07) is 12.8. The minimum Gasteiger partial charge on any atom is -0.375 e. The van der Waals surface area contributed by atoms with Gasteiger partial charge in [0.05, 0.1) is 6.04 Å². The van der Waals surface area contributed by atoms with E-state index in [1.165, 1.54) is 12.1 Å². The maximum Gasteiger partial charge on any atom is 0.126 e. The van der Waals surface area contributed by atoms with Crippen molar-refractivity contribution >= 4 is 0 Å². The third kappa shape index (κ3) is 3.86. The maximum atomic E-state index is 13.5. The molecule has 0 aliphatic carbocycles. The monoisotopic (exact) mass is 291 g/mol. The molecule has 0 saturated carbocycles. The third-order valence-corrected chi connectivity index (χ3v) is 3.35. The van der Waals surface area contributed by atoms with E-state index in [1.54, 1.807) is 7.11 Å². The van der Waals surface area contributed by atoms with Crippen LogP contribution in [0.1, 0.15) is 30.2 Å². The van der Waals surface area contributed by atoms with E-state index in [-0.39, 0.29) is 12.1 Å². The fourth-order valence-electron chi connectivity index (χ4n) is 2.48. The third-order valence-electron chi connectivity index (χ3n) is 3.35. The molecule has 21 heavy (non-hydrogen) atoms. The quantitative estimate of drug-likeness (QED) is 0.868. The van der Waals surface area contributed by atoms with Crippen LogP contribution >= 0.6 is 0 Å². The van der Waals surface area contributed by atoms with Gasteiger partial charge in [-0.25, -0.2) is 8.78 Å². The minimum atomic E-state index is -0.587. The van der Waals surface area contributed by atoms with Crippen LogP contribution in [0.2, 0.25) is 0 Å². The maximum absolute atomic E-state index is 13.5. The average Bonchev–Trinajstić information content (AvgIpc) is 2.47. The summed E-state index contributed by atoms with van der Waals surface area (Å²) < 4.78 is 32.6. The molecule has 0 amide bonds. The number of nitrogens with one attached hydrogen (secondary N) is 1. The summed E-state index contributed by atoms with van der Waals surface area (Å²) in [5, 5.41) is 3.24. The Morgan fingerprint density at radius 1 is 1.00 bits per heavy atom. The zero-order chi connectivity index (χ0) is 15.2. The first-order valence-electron chi connectivity index (χ1n) is 6.92. The summed E-state index contributed by atoms with van der Waals surface area (Å²) in [6.07, 6.45) is -0.327. The van der Waals surface area contributed by atoms with Crippen LogP contribution in [-0.4, -0.2) is 13.7 Å². The molecule has 2 unspecified atom stereocenters. The SMILES string of the molecule is CCNC(c1cc(F)cc(F)c1)C(OC)c1ccccc1. The van der Waals surface area contributed by atoms with Gasteiger partial charge in [-0.3, -0.25) is 0 Å². The van der Waals surface area contributed by atoms with Crippen LogP contribution in [0.5, 0.6) is 0 Å². The summed E-state index contributed by atoms with van der Waals surface area (Å²) in [4.78, 5) is 0. The second-order valence-electron chi connectivity index (χ2n) is 4.81. The Kier molecular flexibility index (Phi) is 5.42. The standard InChI is InChI=1S/C17H19F2NO/c1-3-20-16(13-9-14(18)11-15(19)10-13)17(21-2)12-7-5-4-6-8-12/h4-11,16-17,20H,3H2,1-2H3. The molecule has 112 valence electrons. The van der Waals surface area contributed by atoms with E-state index in [1.807, 2.05) is 37.3 Å². The predicted molar refractivity (Wildman–Crippen MR) is 79.0 cm³/mol. The van der Waals surface area contributed by atoms with Gasteiger partial charge in [0.2, 0.25) is 0 Å². The molecule has 0 spiro atoms. The van der Waals surface area contributed by atoms with Crippen LogP contribution in [0.4, 0.5) is 8.78 Å². The Morgan fingerprint density at radius 2 is 1.62 bits per heavy atom. The van der Waals surface area contributed by atoms with Crippen molar-refractivity contribution in [3.8, 4) is 0 Å². The Balaban J connectivity index is 2.41. The first-order valence-corrected chi connectivity index (χ1v) is 6.92. The van der Waals surface area contributed by atoms with Crippen LogP contribution in [0, 0.1) is 11.6 Å². The van der Waals surface area contributed by atoms with Gasteiger partial charge in [0.1, 0.15) is 17.7 Å². The van der Waals surface area contributed by atoms with Crippen molar-refractivity contribution in [2.45, 2.75) is 19.1 Å². The van der Waals surface area contributed by atoms with E-state index < -0.39 is 11.6 Å². The van der Waals surface area contributed by atoms with Gasteiger partial charge in [0.25, 0.3) is 0 Å². The number of methoxy groups -OCH3 is 1. The largest absolute Gasteiger partial charge is 0.375 e. The van der Waals surface area contributed by atoms with Gasteiger partial charge in [0, 0.05) is 13.2 Å². The van der Waals surface area contributed by atoms with Gasteiger partial charge in [-0.05, 0) is 29.8 Å². The molecule has 0 aliphatic heterocycles. The van der Waals surface area contributed by atoms with Crippen molar-refractivity contribution < 1.29 is 13.5 Å². The molecule has 4 heteroatoms. The molecule has 0 bridgehead atoms. The van der Waals surface area contributed by atoms with E-state index >= 15 is 0 Å². The van der Waals surface area contributed by atoms with Crippen LogP contribution in [-0.2, 0) is 4.74 Å². The van der Waals surface area contributed by atoms with Crippen LogP contribution in [0.15, 0.2) is 48.5 Å². The highest BCUT2D eigenvalue weighted by atomic mass is 19.1. The molecule has 0 saturated heterocycles. The topological polar surface area (TPSA) is 21.3 Å². The van der Waals surface area contributed by atoms with E-state index in [0.717, 1.165) is 11.6 Å². The lowest BCUT2D eigenvalue weighted by Gasteiger charge is -2.27. The number of hydrogen-bond acceptors (Lipinski definition) is 2. The lowest BCUT2D eigenvalue weighted by Crippen LogP contribution is -2.28. The first kappa shape index (κ1) is 15.6. The van der Waals surface area contributed by atoms with Gasteiger partial charge in [0.15, 0.2) is 0 Å². The van der Waals surface area contributed by atoms with Crippen molar-refractivity contribution in [2.75, 3.05) is 13.7 Å². The van der Waals surface area contributed by atoms with E-state index in [4.69, 9.17) is 4.74 Å². The fourth-order valence-corrected chi connectivity index (χ4v) is 2.48. The number of ether oxygens (including phenoxy) is 1. The summed E-state index contributed by atoms with van der Waals surface area (Å²) in [5.41, 5.74) is 1.49. The van der Waals surface area contributed by atoms with E-state index in [0.29, 0.717) is 12.1 Å². The Bertz CT molecular complexity index is 554. The molecule has 2 atom stereocenters. The molecule has 2 aromatic rings. The molecular weight excluding hydrogens is 272 g/mol. The second-order valence-corrected chi connectivity index (χ2v) is 4.81. The smallest absolute Gasteiger partial charge is 0.126 e. The van der Waals surface area contributed by atoms with E-state index in [9.17, 15) is 8.78 Å². The first-order chi connectivity index (χ1) is 10.2. The fraction of sp³-hybridized carbons (Fsp3) is 0.294. The lowest BCUT2D eigenvalue weighted by molar-refractivity contribution is 0.0679. The molecular formula is C17H19F2NO. The number of rotatable bonds is 6. The van der Waals surface area contributed by atoms with Crippen LogP contribution in [0.25, 0.3) is 0 Å². The van der Waals surface area contributed by atoms with Gasteiger partial charge >= 0.3 is 0 Å². The highest BCUT2D eigenvalue weighted by Gasteiger charge is 2.24. The van der Waals surface area contributed by atoms with Gasteiger partial charge in [-0.2, -0.15) is 0 Å². The molecule has 0 fully saturated rings. The van der Waals surface area contributed by atoms with Crippen LogP contribution in [0.3, 0.4) is 0 Å². The normalized spacial score (nSPS) is 13.9. The van der Waals surface area contributed by atoms with Crippen molar-refractivity contribution in [3.05, 3.63) is 71.3 Å². The molecule has 0 aromatic heterocycles. The Labute approximate surface area is 123 Å². The molecule has 1 N–H and O–H groups in total. The molecule has 0 heterocycles. The minimum absolute atomic E-state index is 0.326. The second kappa shape index (κ2) is 7.29.